The van der Waals surface area contributed by atoms with Gasteiger partial charge < -0.3 is 15.0 Å². The van der Waals surface area contributed by atoms with E-state index in [1.165, 1.54) is 56.2 Å². The summed E-state index contributed by atoms with van der Waals surface area (Å²) in [4.78, 5) is 39.2. The number of methoxy groups -OCH3 is 1. The molecule has 3 aromatic rings. The van der Waals surface area contributed by atoms with Crippen molar-refractivity contribution in [3.8, 4) is 5.75 Å². The van der Waals surface area contributed by atoms with E-state index in [0.717, 1.165) is 10.4 Å². The van der Waals surface area contributed by atoms with Crippen LogP contribution >= 0.6 is 34.8 Å². The zero-order valence-electron chi connectivity index (χ0n) is 25.4. The van der Waals surface area contributed by atoms with E-state index in [-0.39, 0.29) is 38.6 Å². The minimum absolute atomic E-state index is 0.0620. The molecule has 0 aliphatic carbocycles. The van der Waals surface area contributed by atoms with Crippen LogP contribution in [0.25, 0.3) is 0 Å². The summed E-state index contributed by atoms with van der Waals surface area (Å²) in [6, 6.07) is 11.3. The Bertz CT molecular complexity index is 1730. The van der Waals surface area contributed by atoms with E-state index in [4.69, 9.17) is 39.5 Å². The fourth-order valence-electron chi connectivity index (χ4n) is 4.34. The van der Waals surface area contributed by atoms with Crippen LogP contribution in [0, 0.1) is 17.0 Å². The smallest absolute Gasteiger partial charge is 0.273 e. The number of rotatable bonds is 11. The summed E-state index contributed by atoms with van der Waals surface area (Å²) in [6.07, 6.45) is 0. The minimum Gasteiger partial charge on any atom is -0.495 e. The van der Waals surface area contributed by atoms with Crippen molar-refractivity contribution >= 4 is 68.0 Å². The normalized spacial score (nSPS) is 12.3. The van der Waals surface area contributed by atoms with Crippen LogP contribution < -0.4 is 14.4 Å². The molecule has 0 spiro atoms. The van der Waals surface area contributed by atoms with E-state index >= 15 is 0 Å². The highest BCUT2D eigenvalue weighted by atomic mass is 35.5. The van der Waals surface area contributed by atoms with Crippen LogP contribution in [-0.4, -0.2) is 55.3 Å². The third-order valence-electron chi connectivity index (χ3n) is 6.66. The number of nitro groups is 1. The molecule has 0 unspecified atom stereocenters. The molecule has 0 saturated carbocycles. The maximum atomic E-state index is 14.2. The van der Waals surface area contributed by atoms with Gasteiger partial charge in [0.05, 0.1) is 32.7 Å². The summed E-state index contributed by atoms with van der Waals surface area (Å²) < 4.78 is 34.6. The highest BCUT2D eigenvalue weighted by Gasteiger charge is 2.35. The monoisotopic (exact) mass is 698 g/mol. The first-order chi connectivity index (χ1) is 20.8. The van der Waals surface area contributed by atoms with Gasteiger partial charge in [-0.3, -0.25) is 24.0 Å². The lowest BCUT2D eigenvalue weighted by Gasteiger charge is -2.33. The van der Waals surface area contributed by atoms with Gasteiger partial charge in [-0.05, 0) is 76.6 Å². The van der Waals surface area contributed by atoms with Gasteiger partial charge in [-0.1, -0.05) is 46.9 Å². The molecule has 3 aromatic carbocycles. The Kier molecular flexibility index (Phi) is 11.4. The van der Waals surface area contributed by atoms with E-state index in [9.17, 15) is 28.1 Å². The molecule has 1 N–H and O–H groups in total. The van der Waals surface area contributed by atoms with Crippen LogP contribution in [0.5, 0.6) is 5.75 Å². The van der Waals surface area contributed by atoms with E-state index < -0.39 is 55.5 Å². The third-order valence-corrected chi connectivity index (χ3v) is 9.39. The van der Waals surface area contributed by atoms with Crippen molar-refractivity contribution in [2.45, 2.75) is 57.6 Å². The molecule has 0 aliphatic rings. The number of hydrogen-bond acceptors (Lipinski definition) is 7. The molecule has 0 heterocycles. The fourth-order valence-corrected chi connectivity index (χ4v) is 6.26. The second kappa shape index (κ2) is 14.2. The highest BCUT2D eigenvalue weighted by Crippen LogP contribution is 2.36. The van der Waals surface area contributed by atoms with Gasteiger partial charge in [-0.2, -0.15) is 0 Å². The van der Waals surface area contributed by atoms with Gasteiger partial charge in [0, 0.05) is 28.7 Å². The molecule has 3 rings (SSSR count). The number of benzene rings is 3. The summed E-state index contributed by atoms with van der Waals surface area (Å²) in [7, 11) is -3.35. The maximum absolute atomic E-state index is 14.2. The quantitative estimate of drug-likeness (QED) is 0.181. The molecule has 0 aromatic heterocycles. The summed E-state index contributed by atoms with van der Waals surface area (Å²) >= 11 is 18.5. The van der Waals surface area contributed by atoms with Crippen LogP contribution in [0.3, 0.4) is 0 Å². The second-order valence-corrected chi connectivity index (χ2v) is 14.3. The van der Waals surface area contributed by atoms with E-state index in [1.54, 1.807) is 39.0 Å². The number of carbonyl (C=O) groups is 2. The summed E-state index contributed by atoms with van der Waals surface area (Å²) in [5.41, 5.74) is -0.379. The number of hydrogen-bond donors (Lipinski definition) is 1. The molecule has 15 heteroatoms. The molecule has 11 nitrogen and oxygen atoms in total. The number of nitro benzene ring substituents is 1. The first-order valence-corrected chi connectivity index (χ1v) is 16.1. The molecule has 242 valence electrons. The first-order valence-electron chi connectivity index (χ1n) is 13.5. The summed E-state index contributed by atoms with van der Waals surface area (Å²) in [5, 5.41) is 15.1. The lowest BCUT2D eigenvalue weighted by Crippen LogP contribution is -2.54. The number of sulfonamides is 1. The Balaban J connectivity index is 2.18. The molecular formula is C30H33Cl3N4O7S. The number of halogens is 3. The Morgan fingerprint density at radius 2 is 1.69 bits per heavy atom. The minimum atomic E-state index is -4.66. The van der Waals surface area contributed by atoms with E-state index in [1.807, 2.05) is 0 Å². The third kappa shape index (κ3) is 8.78. The highest BCUT2D eigenvalue weighted by molar-refractivity contribution is 7.92. The molecular weight excluding hydrogens is 667 g/mol. The number of ether oxygens (including phenoxy) is 1. The Morgan fingerprint density at radius 1 is 1.02 bits per heavy atom. The second-order valence-electron chi connectivity index (χ2n) is 11.2. The summed E-state index contributed by atoms with van der Waals surface area (Å²) in [5.74, 6) is -1.20. The lowest BCUT2D eigenvalue weighted by molar-refractivity contribution is -0.385. The molecule has 0 saturated heterocycles. The van der Waals surface area contributed by atoms with Gasteiger partial charge in [-0.25, -0.2) is 8.42 Å². The molecule has 0 aliphatic heterocycles. The zero-order chi connectivity index (χ0) is 33.9. The van der Waals surface area contributed by atoms with Crippen LogP contribution in [0.1, 0.15) is 38.8 Å². The average Bonchev–Trinajstić information content (AvgIpc) is 2.94. The van der Waals surface area contributed by atoms with Gasteiger partial charge in [0.1, 0.15) is 18.3 Å². The Morgan fingerprint density at radius 3 is 2.27 bits per heavy atom. The standard InChI is InChI=1S/C30H33Cl3N4O7S/c1-18-7-10-22(15-25(18)37(40)41)45(42,43)36(26-14-21(31)9-12-27(26)44-6)17-28(38)35(19(2)29(39)34-30(3,4)5)16-20-8-11-23(32)24(33)13-20/h7-15,19H,16-17H2,1-6H3,(H,34,39)/t19-/m1/s1. The predicted molar refractivity (Wildman–Crippen MR) is 175 cm³/mol. The van der Waals surface area contributed by atoms with Crippen LogP contribution in [0.15, 0.2) is 59.5 Å². The van der Waals surface area contributed by atoms with Crippen molar-refractivity contribution in [2.24, 2.45) is 0 Å². The number of aryl methyl sites for hydroxylation is 1. The van der Waals surface area contributed by atoms with Crippen LogP contribution in [-0.2, 0) is 26.2 Å². The largest absolute Gasteiger partial charge is 0.495 e. The van der Waals surface area contributed by atoms with Crippen molar-refractivity contribution in [3.63, 3.8) is 0 Å². The SMILES string of the molecule is COc1ccc(Cl)cc1N(CC(=O)N(Cc1ccc(Cl)c(Cl)c1)[C@H](C)C(=O)NC(C)(C)C)S(=O)(=O)c1ccc(C)c([N+](=O)[O-])c1. The fraction of sp³-hybridized carbons (Fsp3) is 0.333. The molecule has 0 radical (unpaired) electrons. The van der Waals surface area contributed by atoms with Gasteiger partial charge in [0.2, 0.25) is 11.8 Å². The van der Waals surface area contributed by atoms with Crippen molar-refractivity contribution in [3.05, 3.63) is 90.9 Å². The molecule has 0 bridgehead atoms. The van der Waals surface area contributed by atoms with Crippen molar-refractivity contribution < 1.29 is 27.7 Å². The number of nitrogens with one attached hydrogen (secondary N) is 1. The number of anilines is 1. The van der Waals surface area contributed by atoms with Crippen LogP contribution in [0.2, 0.25) is 15.1 Å². The number of amides is 2. The maximum Gasteiger partial charge on any atom is 0.273 e. The average molecular weight is 700 g/mol. The zero-order valence-corrected chi connectivity index (χ0v) is 28.5. The lowest BCUT2D eigenvalue weighted by atomic mass is 10.1. The van der Waals surface area contributed by atoms with Gasteiger partial charge in [0.15, 0.2) is 0 Å². The number of nitrogens with zero attached hydrogens (tertiary/aromatic N) is 3. The van der Waals surface area contributed by atoms with E-state index in [0.29, 0.717) is 5.56 Å². The predicted octanol–water partition coefficient (Wildman–Crippen LogP) is 6.40. The first kappa shape index (κ1) is 35.9. The van der Waals surface area contributed by atoms with Crippen molar-refractivity contribution in [2.75, 3.05) is 18.0 Å². The number of carbonyl (C=O) groups excluding carboxylic acids is 2. The molecule has 0 fully saturated rings. The van der Waals surface area contributed by atoms with Crippen molar-refractivity contribution in [1.82, 2.24) is 10.2 Å². The molecule has 1 atom stereocenters. The summed E-state index contributed by atoms with van der Waals surface area (Å²) in [6.45, 7) is 7.37. The molecule has 2 amide bonds. The van der Waals surface area contributed by atoms with Gasteiger partial charge in [-0.15, -0.1) is 0 Å². The van der Waals surface area contributed by atoms with Gasteiger partial charge in [0.25, 0.3) is 15.7 Å². The molecule has 45 heavy (non-hydrogen) atoms. The topological polar surface area (TPSA) is 139 Å². The van der Waals surface area contributed by atoms with Gasteiger partial charge >= 0.3 is 0 Å². The van der Waals surface area contributed by atoms with Crippen LogP contribution in [0.4, 0.5) is 11.4 Å². The Hall–Kier alpha value is -3.58. The van der Waals surface area contributed by atoms with E-state index in [2.05, 4.69) is 5.32 Å². The Labute approximate surface area is 277 Å². The van der Waals surface area contributed by atoms with Crippen molar-refractivity contribution in [1.29, 1.82) is 0 Å².